The molecule has 0 bridgehead atoms. The van der Waals surface area contributed by atoms with Crippen LogP contribution in [0.15, 0.2) is 52.9 Å². The van der Waals surface area contributed by atoms with Gasteiger partial charge in [0, 0.05) is 6.42 Å². The predicted octanol–water partition coefficient (Wildman–Crippen LogP) is 2.12. The second-order valence-electron chi connectivity index (χ2n) is 10.6. The standard InChI is InChI=1S/C30H33N5O6/c1-17(2)26(28(39)30-34-33-24(41-30)14-20-8-5-7-18(3)11-20)32-29(40)27(35-16-23(37)31-15-25(35)38)22-10-6-9-21(13-22)12-19(4)36/h5-11,13,17,26-27H,12,14-16H2,1-4H3,(H,31,37)(H,32,40)/t26-,27?/m0/s1. The molecule has 0 radical (unpaired) electrons. The largest absolute Gasteiger partial charge is 0.418 e. The third kappa shape index (κ3) is 7.30. The van der Waals surface area contributed by atoms with Crippen molar-refractivity contribution < 1.29 is 28.4 Å². The Hall–Kier alpha value is -4.67. The molecule has 1 fully saturated rings. The Kier molecular flexibility index (Phi) is 9.06. The molecule has 41 heavy (non-hydrogen) atoms. The maximum absolute atomic E-state index is 13.8. The number of carbonyl (C=O) groups is 5. The van der Waals surface area contributed by atoms with E-state index in [1.165, 1.54) is 11.8 Å². The summed E-state index contributed by atoms with van der Waals surface area (Å²) in [5.41, 5.74) is 3.10. The topological polar surface area (TPSA) is 152 Å². The van der Waals surface area contributed by atoms with E-state index in [0.717, 1.165) is 11.1 Å². The van der Waals surface area contributed by atoms with E-state index in [9.17, 15) is 24.0 Å². The summed E-state index contributed by atoms with van der Waals surface area (Å²) in [4.78, 5) is 65.3. The number of carbonyl (C=O) groups excluding carboxylic acids is 5. The Labute approximate surface area is 237 Å². The zero-order valence-electron chi connectivity index (χ0n) is 23.5. The summed E-state index contributed by atoms with van der Waals surface area (Å²) in [6.07, 6.45) is 0.490. The third-order valence-electron chi connectivity index (χ3n) is 6.71. The Balaban J connectivity index is 1.60. The molecule has 1 aliphatic heterocycles. The predicted molar refractivity (Wildman–Crippen MR) is 148 cm³/mol. The van der Waals surface area contributed by atoms with Crippen LogP contribution in [0.25, 0.3) is 0 Å². The fourth-order valence-electron chi connectivity index (χ4n) is 4.76. The molecule has 1 aromatic heterocycles. The quantitative estimate of drug-likeness (QED) is 0.339. The normalized spacial score (nSPS) is 14.9. The highest BCUT2D eigenvalue weighted by molar-refractivity contribution is 6.01. The van der Waals surface area contributed by atoms with Gasteiger partial charge in [-0.25, -0.2) is 0 Å². The molecule has 0 aliphatic carbocycles. The first kappa shape index (κ1) is 29.3. The molecule has 0 saturated carbocycles. The minimum absolute atomic E-state index is 0.0663. The number of ketones is 2. The van der Waals surface area contributed by atoms with Crippen molar-refractivity contribution in [3.63, 3.8) is 0 Å². The first-order valence-corrected chi connectivity index (χ1v) is 13.4. The molecule has 11 heteroatoms. The van der Waals surface area contributed by atoms with Crippen molar-refractivity contribution in [2.75, 3.05) is 13.1 Å². The molecule has 2 N–H and O–H groups in total. The average molecular weight is 560 g/mol. The van der Waals surface area contributed by atoms with Gasteiger partial charge in [-0.2, -0.15) is 0 Å². The number of hydrogen-bond donors (Lipinski definition) is 2. The van der Waals surface area contributed by atoms with Gasteiger partial charge in [-0.05, 0) is 36.5 Å². The molecule has 11 nitrogen and oxygen atoms in total. The summed E-state index contributed by atoms with van der Waals surface area (Å²) in [5.74, 6) is -2.50. The highest BCUT2D eigenvalue weighted by atomic mass is 16.4. The zero-order chi connectivity index (χ0) is 29.7. The zero-order valence-corrected chi connectivity index (χ0v) is 23.5. The van der Waals surface area contributed by atoms with Crippen molar-refractivity contribution in [2.45, 2.75) is 52.6 Å². The van der Waals surface area contributed by atoms with Crippen molar-refractivity contribution >= 4 is 29.3 Å². The van der Waals surface area contributed by atoms with Gasteiger partial charge >= 0.3 is 0 Å². The van der Waals surface area contributed by atoms with Crippen molar-refractivity contribution in [2.24, 2.45) is 5.92 Å². The fourth-order valence-corrected chi connectivity index (χ4v) is 4.76. The van der Waals surface area contributed by atoms with Gasteiger partial charge in [-0.3, -0.25) is 24.0 Å². The number of nitrogens with zero attached hydrogens (tertiary/aromatic N) is 3. The van der Waals surface area contributed by atoms with Gasteiger partial charge in [0.2, 0.25) is 29.4 Å². The number of hydrogen-bond acceptors (Lipinski definition) is 8. The van der Waals surface area contributed by atoms with Gasteiger partial charge in [0.05, 0.1) is 19.0 Å². The number of aromatic nitrogens is 2. The fraction of sp³-hybridized carbons (Fsp3) is 0.367. The number of benzene rings is 2. The van der Waals surface area contributed by atoms with Crippen LogP contribution in [0, 0.1) is 12.8 Å². The molecule has 4 rings (SSSR count). The molecule has 1 saturated heterocycles. The van der Waals surface area contributed by atoms with Crippen LogP contribution < -0.4 is 10.6 Å². The molecule has 2 atom stereocenters. The van der Waals surface area contributed by atoms with E-state index in [-0.39, 0.29) is 43.0 Å². The lowest BCUT2D eigenvalue weighted by Crippen LogP contribution is -2.57. The van der Waals surface area contributed by atoms with E-state index in [2.05, 4.69) is 20.8 Å². The summed E-state index contributed by atoms with van der Waals surface area (Å²) < 4.78 is 5.67. The lowest BCUT2D eigenvalue weighted by atomic mass is 9.96. The summed E-state index contributed by atoms with van der Waals surface area (Å²) in [6.45, 7) is 6.36. The molecule has 0 spiro atoms. The summed E-state index contributed by atoms with van der Waals surface area (Å²) >= 11 is 0. The van der Waals surface area contributed by atoms with E-state index in [0.29, 0.717) is 17.5 Å². The number of amides is 3. The van der Waals surface area contributed by atoms with Crippen molar-refractivity contribution in [1.29, 1.82) is 0 Å². The molecule has 3 aromatic rings. The molecule has 214 valence electrons. The molecular weight excluding hydrogens is 526 g/mol. The van der Waals surface area contributed by atoms with Crippen LogP contribution in [-0.2, 0) is 32.0 Å². The van der Waals surface area contributed by atoms with Gasteiger partial charge in [0.25, 0.3) is 5.89 Å². The third-order valence-corrected chi connectivity index (χ3v) is 6.71. The second kappa shape index (κ2) is 12.7. The van der Waals surface area contributed by atoms with Crippen molar-refractivity contribution in [3.05, 3.63) is 82.6 Å². The maximum Gasteiger partial charge on any atom is 0.286 e. The van der Waals surface area contributed by atoms with Gasteiger partial charge in [0.15, 0.2) is 0 Å². The number of Topliss-reactive ketones (excluding diaryl/α,β-unsaturated/α-hetero) is 2. The molecule has 1 aliphatic rings. The summed E-state index contributed by atoms with van der Waals surface area (Å²) in [7, 11) is 0. The van der Waals surface area contributed by atoms with Gasteiger partial charge in [-0.1, -0.05) is 67.9 Å². The van der Waals surface area contributed by atoms with Crippen LogP contribution in [0.4, 0.5) is 0 Å². The van der Waals surface area contributed by atoms with Crippen LogP contribution in [-0.4, -0.2) is 63.5 Å². The highest BCUT2D eigenvalue weighted by Crippen LogP contribution is 2.25. The van der Waals surface area contributed by atoms with Gasteiger partial charge in [0.1, 0.15) is 18.4 Å². The van der Waals surface area contributed by atoms with Crippen LogP contribution in [0.2, 0.25) is 0 Å². The Morgan fingerprint density at radius 2 is 1.78 bits per heavy atom. The minimum Gasteiger partial charge on any atom is -0.418 e. The molecule has 3 amide bonds. The van der Waals surface area contributed by atoms with Gasteiger partial charge < -0.3 is 20.0 Å². The van der Waals surface area contributed by atoms with Crippen LogP contribution in [0.5, 0.6) is 0 Å². The SMILES string of the molecule is CC(=O)Cc1cccc(C(C(=O)N[C@H](C(=O)c2nnc(Cc3cccc(C)c3)o2)C(C)C)N2CC(=O)NCC2=O)c1. The van der Waals surface area contributed by atoms with Gasteiger partial charge in [-0.15, -0.1) is 10.2 Å². The van der Waals surface area contributed by atoms with E-state index in [1.54, 1.807) is 38.1 Å². The maximum atomic E-state index is 13.8. The van der Waals surface area contributed by atoms with Crippen LogP contribution in [0.3, 0.4) is 0 Å². The summed E-state index contributed by atoms with van der Waals surface area (Å²) in [5, 5.41) is 13.2. The molecule has 2 aromatic carbocycles. The molecule has 1 unspecified atom stereocenters. The van der Waals surface area contributed by atoms with Crippen molar-refractivity contribution in [3.8, 4) is 0 Å². The van der Waals surface area contributed by atoms with Crippen LogP contribution in [0.1, 0.15) is 65.6 Å². The lowest BCUT2D eigenvalue weighted by Gasteiger charge is -2.35. The number of nitrogens with one attached hydrogen (secondary N) is 2. The number of rotatable bonds is 11. The van der Waals surface area contributed by atoms with Crippen molar-refractivity contribution in [1.82, 2.24) is 25.7 Å². The Morgan fingerprint density at radius 3 is 2.49 bits per heavy atom. The van der Waals surface area contributed by atoms with E-state index >= 15 is 0 Å². The summed E-state index contributed by atoms with van der Waals surface area (Å²) in [6, 6.07) is 12.3. The number of aryl methyl sites for hydroxylation is 1. The Bertz CT molecular complexity index is 1480. The van der Waals surface area contributed by atoms with E-state index < -0.39 is 35.6 Å². The van der Waals surface area contributed by atoms with Crippen LogP contribution >= 0.6 is 0 Å². The molecular formula is C30H33N5O6. The first-order valence-electron chi connectivity index (χ1n) is 13.4. The molecule has 2 heterocycles. The highest BCUT2D eigenvalue weighted by Gasteiger charge is 2.38. The Morgan fingerprint density at radius 1 is 1.05 bits per heavy atom. The smallest absolute Gasteiger partial charge is 0.286 e. The van der Waals surface area contributed by atoms with E-state index in [4.69, 9.17) is 4.42 Å². The van der Waals surface area contributed by atoms with E-state index in [1.807, 2.05) is 31.2 Å². The minimum atomic E-state index is -1.21. The second-order valence-corrected chi connectivity index (χ2v) is 10.6. The average Bonchev–Trinajstić information content (AvgIpc) is 3.37. The first-order chi connectivity index (χ1) is 19.5. The number of piperazine rings is 1. The lowest BCUT2D eigenvalue weighted by molar-refractivity contribution is -0.147. The monoisotopic (exact) mass is 559 g/mol.